The van der Waals surface area contributed by atoms with Crippen molar-refractivity contribution in [3.05, 3.63) is 36.0 Å². The van der Waals surface area contributed by atoms with Crippen molar-refractivity contribution >= 4 is 10.9 Å². The second-order valence-corrected chi connectivity index (χ2v) is 6.02. The SMILES string of the molecule is COc1cccc2ccc(CN(C)C[C@@H]3CCCCO3)nc12. The monoisotopic (exact) mass is 300 g/mol. The van der Waals surface area contributed by atoms with Crippen LogP contribution in [0.5, 0.6) is 5.75 Å². The molecule has 1 aliphatic rings. The number of fused-ring (bicyclic) bond motifs is 1. The summed E-state index contributed by atoms with van der Waals surface area (Å²) in [7, 11) is 3.82. The van der Waals surface area contributed by atoms with Crippen LogP contribution in [0, 0.1) is 0 Å². The molecule has 0 unspecified atom stereocenters. The van der Waals surface area contributed by atoms with E-state index in [1.807, 2.05) is 12.1 Å². The quantitative estimate of drug-likeness (QED) is 0.849. The van der Waals surface area contributed by atoms with Gasteiger partial charge in [-0.25, -0.2) is 4.98 Å². The Labute approximate surface area is 132 Å². The number of methoxy groups -OCH3 is 1. The number of rotatable bonds is 5. The highest BCUT2D eigenvalue weighted by molar-refractivity contribution is 5.84. The molecule has 118 valence electrons. The van der Waals surface area contributed by atoms with Gasteiger partial charge in [-0.3, -0.25) is 4.90 Å². The number of hydrogen-bond acceptors (Lipinski definition) is 4. The molecule has 0 radical (unpaired) electrons. The molecule has 4 nitrogen and oxygen atoms in total. The van der Waals surface area contributed by atoms with Crippen molar-refractivity contribution in [3.8, 4) is 5.75 Å². The van der Waals surface area contributed by atoms with Gasteiger partial charge in [0.1, 0.15) is 11.3 Å². The number of hydrogen-bond donors (Lipinski definition) is 0. The van der Waals surface area contributed by atoms with Gasteiger partial charge in [0.25, 0.3) is 0 Å². The fourth-order valence-electron chi connectivity index (χ4n) is 3.05. The minimum atomic E-state index is 0.369. The van der Waals surface area contributed by atoms with Gasteiger partial charge in [0, 0.05) is 25.1 Å². The summed E-state index contributed by atoms with van der Waals surface area (Å²) >= 11 is 0. The van der Waals surface area contributed by atoms with E-state index in [1.54, 1.807) is 7.11 Å². The zero-order chi connectivity index (χ0) is 15.4. The van der Waals surface area contributed by atoms with Crippen molar-refractivity contribution in [2.45, 2.75) is 31.9 Å². The third kappa shape index (κ3) is 3.57. The Hall–Kier alpha value is -1.65. The number of likely N-dealkylation sites (N-methyl/N-ethyl adjacent to an activating group) is 1. The number of nitrogens with zero attached hydrogens (tertiary/aromatic N) is 2. The lowest BCUT2D eigenvalue weighted by Gasteiger charge is -2.27. The molecule has 1 aliphatic heterocycles. The molecule has 0 amide bonds. The number of benzene rings is 1. The van der Waals surface area contributed by atoms with Crippen LogP contribution in [0.15, 0.2) is 30.3 Å². The second-order valence-electron chi connectivity index (χ2n) is 6.02. The lowest BCUT2D eigenvalue weighted by atomic mass is 10.1. The molecule has 0 saturated carbocycles. The largest absolute Gasteiger partial charge is 0.494 e. The standard InChI is InChI=1S/C18H24N2O2/c1-20(13-16-7-3-4-11-22-16)12-15-10-9-14-6-5-8-17(21-2)18(14)19-15/h5-6,8-10,16H,3-4,7,11-13H2,1-2H3/t16-/m0/s1. The number of pyridine rings is 1. The molecule has 3 rings (SSSR count). The highest BCUT2D eigenvalue weighted by Crippen LogP contribution is 2.24. The van der Waals surface area contributed by atoms with Crippen LogP contribution in [-0.2, 0) is 11.3 Å². The van der Waals surface area contributed by atoms with Gasteiger partial charge in [-0.15, -0.1) is 0 Å². The van der Waals surface area contributed by atoms with Gasteiger partial charge in [0.15, 0.2) is 0 Å². The first-order valence-electron chi connectivity index (χ1n) is 7.99. The topological polar surface area (TPSA) is 34.6 Å². The summed E-state index contributed by atoms with van der Waals surface area (Å²) in [5.74, 6) is 0.831. The molecule has 1 aromatic carbocycles. The van der Waals surface area contributed by atoms with Crippen LogP contribution >= 0.6 is 0 Å². The Morgan fingerprint density at radius 3 is 2.95 bits per heavy atom. The lowest BCUT2D eigenvalue weighted by molar-refractivity contribution is -0.00273. The van der Waals surface area contributed by atoms with E-state index in [2.05, 4.69) is 30.1 Å². The van der Waals surface area contributed by atoms with Crippen molar-refractivity contribution < 1.29 is 9.47 Å². The van der Waals surface area contributed by atoms with Crippen LogP contribution in [0.3, 0.4) is 0 Å². The highest BCUT2D eigenvalue weighted by atomic mass is 16.5. The van der Waals surface area contributed by atoms with Gasteiger partial charge in [-0.05, 0) is 38.4 Å². The molecule has 1 fully saturated rings. The number of para-hydroxylation sites is 1. The summed E-state index contributed by atoms with van der Waals surface area (Å²) < 4.78 is 11.2. The average Bonchev–Trinajstić information content (AvgIpc) is 2.55. The maximum absolute atomic E-state index is 5.81. The van der Waals surface area contributed by atoms with Crippen LogP contribution in [0.2, 0.25) is 0 Å². The van der Waals surface area contributed by atoms with E-state index in [1.165, 1.54) is 19.3 Å². The van der Waals surface area contributed by atoms with Crippen molar-refractivity contribution in [1.82, 2.24) is 9.88 Å². The fraction of sp³-hybridized carbons (Fsp3) is 0.500. The molecule has 0 bridgehead atoms. The van der Waals surface area contributed by atoms with Crippen molar-refractivity contribution in [2.75, 3.05) is 27.3 Å². The second kappa shape index (κ2) is 7.07. The van der Waals surface area contributed by atoms with Crippen molar-refractivity contribution in [1.29, 1.82) is 0 Å². The first-order chi connectivity index (χ1) is 10.8. The Morgan fingerprint density at radius 1 is 1.27 bits per heavy atom. The Bertz CT molecular complexity index is 624. The highest BCUT2D eigenvalue weighted by Gasteiger charge is 2.16. The van der Waals surface area contributed by atoms with Crippen LogP contribution < -0.4 is 4.74 Å². The predicted molar refractivity (Wildman–Crippen MR) is 88.2 cm³/mol. The van der Waals surface area contributed by atoms with E-state index in [9.17, 15) is 0 Å². The van der Waals surface area contributed by atoms with E-state index < -0.39 is 0 Å². The van der Waals surface area contributed by atoms with Gasteiger partial charge in [-0.2, -0.15) is 0 Å². The van der Waals surface area contributed by atoms with Gasteiger partial charge < -0.3 is 9.47 Å². The van der Waals surface area contributed by atoms with E-state index >= 15 is 0 Å². The first-order valence-corrected chi connectivity index (χ1v) is 7.99. The first kappa shape index (κ1) is 15.3. The summed E-state index contributed by atoms with van der Waals surface area (Å²) in [4.78, 5) is 7.06. The van der Waals surface area contributed by atoms with Crippen LogP contribution in [0.4, 0.5) is 0 Å². The van der Waals surface area contributed by atoms with Crippen molar-refractivity contribution in [3.63, 3.8) is 0 Å². The van der Waals surface area contributed by atoms with E-state index in [-0.39, 0.29) is 0 Å². The fourth-order valence-corrected chi connectivity index (χ4v) is 3.05. The normalized spacial score (nSPS) is 18.8. The summed E-state index contributed by atoms with van der Waals surface area (Å²) in [6.45, 7) is 2.70. The molecule has 2 aromatic rings. The van der Waals surface area contributed by atoms with Gasteiger partial charge in [0.05, 0.1) is 18.9 Å². The summed E-state index contributed by atoms with van der Waals surface area (Å²) in [6.07, 6.45) is 4.02. The molecule has 1 saturated heterocycles. The van der Waals surface area contributed by atoms with Gasteiger partial charge >= 0.3 is 0 Å². The zero-order valence-electron chi connectivity index (χ0n) is 13.4. The molecule has 4 heteroatoms. The molecule has 2 heterocycles. The summed E-state index contributed by atoms with van der Waals surface area (Å²) in [5, 5.41) is 1.11. The van der Waals surface area contributed by atoms with Crippen molar-refractivity contribution in [2.24, 2.45) is 0 Å². The summed E-state index contributed by atoms with van der Waals surface area (Å²) in [6, 6.07) is 10.2. The molecular formula is C18H24N2O2. The molecule has 0 N–H and O–H groups in total. The maximum Gasteiger partial charge on any atom is 0.145 e. The molecular weight excluding hydrogens is 276 g/mol. The zero-order valence-corrected chi connectivity index (χ0v) is 13.4. The van der Waals surface area contributed by atoms with E-state index in [4.69, 9.17) is 14.5 Å². The Balaban J connectivity index is 1.70. The number of aromatic nitrogens is 1. The number of ether oxygens (including phenoxy) is 2. The summed E-state index contributed by atoms with van der Waals surface area (Å²) in [5.41, 5.74) is 2.00. The minimum absolute atomic E-state index is 0.369. The third-order valence-electron chi connectivity index (χ3n) is 4.18. The smallest absolute Gasteiger partial charge is 0.145 e. The molecule has 1 atom stereocenters. The van der Waals surface area contributed by atoms with Crippen LogP contribution in [0.1, 0.15) is 25.0 Å². The predicted octanol–water partition coefficient (Wildman–Crippen LogP) is 3.24. The van der Waals surface area contributed by atoms with E-state index in [0.29, 0.717) is 6.10 Å². The molecule has 22 heavy (non-hydrogen) atoms. The molecule has 0 aliphatic carbocycles. The Morgan fingerprint density at radius 2 is 2.18 bits per heavy atom. The Kier molecular flexibility index (Phi) is 4.90. The lowest BCUT2D eigenvalue weighted by Crippen LogP contribution is -2.33. The third-order valence-corrected chi connectivity index (χ3v) is 4.18. The van der Waals surface area contributed by atoms with Crippen LogP contribution in [0.25, 0.3) is 10.9 Å². The minimum Gasteiger partial charge on any atom is -0.494 e. The molecule has 0 spiro atoms. The van der Waals surface area contributed by atoms with E-state index in [0.717, 1.165) is 42.0 Å². The van der Waals surface area contributed by atoms with Gasteiger partial charge in [0.2, 0.25) is 0 Å². The van der Waals surface area contributed by atoms with Crippen LogP contribution in [-0.4, -0.2) is 43.3 Å². The van der Waals surface area contributed by atoms with Gasteiger partial charge in [-0.1, -0.05) is 18.2 Å². The maximum atomic E-state index is 5.81. The molecule has 1 aromatic heterocycles. The average molecular weight is 300 g/mol.